The molecule has 3 aromatic rings. The van der Waals surface area contributed by atoms with E-state index in [4.69, 9.17) is 9.47 Å². The molecule has 0 saturated carbocycles. The van der Waals surface area contributed by atoms with Crippen molar-refractivity contribution in [3.05, 3.63) is 78.4 Å². The third kappa shape index (κ3) is 4.27. The molecule has 132 valence electrons. The summed E-state index contributed by atoms with van der Waals surface area (Å²) in [5.41, 5.74) is 0.457. The number of benzene rings is 3. The lowest BCUT2D eigenvalue weighted by Crippen LogP contribution is -2.02. The maximum absolute atomic E-state index is 11.7. The van der Waals surface area contributed by atoms with Gasteiger partial charge in [-0.05, 0) is 48.5 Å². The minimum absolute atomic E-state index is 0.0632. The van der Waals surface area contributed by atoms with Crippen LogP contribution in [0.3, 0.4) is 0 Å². The van der Waals surface area contributed by atoms with Gasteiger partial charge in [-0.25, -0.2) is 0 Å². The predicted octanol–water partition coefficient (Wildman–Crippen LogP) is 4.33. The normalized spacial score (nSPS) is 11.0. The minimum Gasteiger partial charge on any atom is -0.457 e. The van der Waals surface area contributed by atoms with E-state index in [1.807, 2.05) is 6.07 Å². The molecule has 0 radical (unpaired) electrons. The van der Waals surface area contributed by atoms with Crippen molar-refractivity contribution in [2.24, 2.45) is 0 Å². The molecular weight excluding hydrogens is 356 g/mol. The molecule has 3 rings (SSSR count). The molecule has 26 heavy (non-hydrogen) atoms. The first kappa shape index (κ1) is 17.7. The van der Waals surface area contributed by atoms with Crippen molar-refractivity contribution in [1.29, 1.82) is 0 Å². The highest BCUT2D eigenvalue weighted by Gasteiger charge is 2.19. The van der Waals surface area contributed by atoms with Crippen molar-refractivity contribution in [2.45, 2.75) is 4.90 Å². The Kier molecular flexibility index (Phi) is 5.01. The molecule has 0 saturated heterocycles. The molecular formula is C19H14O6S. The van der Waals surface area contributed by atoms with Crippen LogP contribution in [0.15, 0.2) is 77.7 Å². The zero-order valence-electron chi connectivity index (χ0n) is 13.4. The summed E-state index contributed by atoms with van der Waals surface area (Å²) >= 11 is 0. The third-order valence-electron chi connectivity index (χ3n) is 3.42. The number of hydrogen-bond donors (Lipinski definition) is 1. The number of ether oxygens (including phenoxy) is 2. The first-order valence-corrected chi connectivity index (χ1v) is 8.97. The first-order valence-electron chi connectivity index (χ1n) is 7.53. The second-order valence-electron chi connectivity index (χ2n) is 5.29. The van der Waals surface area contributed by atoms with Gasteiger partial charge in [0.05, 0.1) is 0 Å². The summed E-state index contributed by atoms with van der Waals surface area (Å²) in [7, 11) is -4.54. The third-order valence-corrected chi connectivity index (χ3v) is 4.29. The lowest BCUT2D eigenvalue weighted by atomic mass is 10.2. The summed E-state index contributed by atoms with van der Waals surface area (Å²) in [5, 5.41) is 0. The molecule has 0 atom stereocenters. The zero-order chi connectivity index (χ0) is 18.6. The Morgan fingerprint density at radius 1 is 0.769 bits per heavy atom. The van der Waals surface area contributed by atoms with Crippen LogP contribution in [0.2, 0.25) is 0 Å². The van der Waals surface area contributed by atoms with Crippen molar-refractivity contribution in [3.8, 4) is 23.0 Å². The summed E-state index contributed by atoms with van der Waals surface area (Å²) in [6, 6.07) is 19.0. The van der Waals surface area contributed by atoms with Crippen LogP contribution in [0, 0.1) is 0 Å². The fourth-order valence-electron chi connectivity index (χ4n) is 2.20. The number of para-hydroxylation sites is 1. The van der Waals surface area contributed by atoms with E-state index in [-0.39, 0.29) is 11.5 Å². The quantitative estimate of drug-likeness (QED) is 0.513. The molecule has 0 aromatic heterocycles. The minimum atomic E-state index is -4.54. The van der Waals surface area contributed by atoms with Crippen molar-refractivity contribution in [2.75, 3.05) is 0 Å². The van der Waals surface area contributed by atoms with E-state index in [0.717, 1.165) is 0 Å². The highest BCUT2D eigenvalue weighted by molar-refractivity contribution is 7.86. The van der Waals surface area contributed by atoms with Crippen molar-refractivity contribution in [3.63, 3.8) is 0 Å². The summed E-state index contributed by atoms with van der Waals surface area (Å²) in [6.07, 6.45) is 0.684. The van der Waals surface area contributed by atoms with Crippen LogP contribution >= 0.6 is 0 Å². The Bertz CT molecular complexity index is 1010. The Morgan fingerprint density at radius 3 is 2.00 bits per heavy atom. The van der Waals surface area contributed by atoms with Crippen LogP contribution < -0.4 is 9.47 Å². The Balaban J connectivity index is 1.93. The average Bonchev–Trinajstić information content (AvgIpc) is 2.63. The van der Waals surface area contributed by atoms with Gasteiger partial charge in [-0.1, -0.05) is 18.2 Å². The van der Waals surface area contributed by atoms with Crippen LogP contribution in [0.25, 0.3) is 0 Å². The van der Waals surface area contributed by atoms with Gasteiger partial charge < -0.3 is 9.47 Å². The van der Waals surface area contributed by atoms with Crippen LogP contribution in [-0.4, -0.2) is 19.3 Å². The van der Waals surface area contributed by atoms with Gasteiger partial charge in [-0.3, -0.25) is 9.35 Å². The molecule has 0 aliphatic rings. The summed E-state index contributed by atoms with van der Waals surface area (Å²) in [5.74, 6) is 1.00. The lowest BCUT2D eigenvalue weighted by Gasteiger charge is -2.12. The van der Waals surface area contributed by atoms with E-state index in [1.54, 1.807) is 24.3 Å². The molecule has 0 amide bonds. The average molecular weight is 370 g/mol. The number of rotatable bonds is 6. The maximum Gasteiger partial charge on any atom is 0.298 e. The molecule has 7 heteroatoms. The molecule has 0 bridgehead atoms. The van der Waals surface area contributed by atoms with Crippen LogP contribution in [0.4, 0.5) is 0 Å². The van der Waals surface area contributed by atoms with Gasteiger partial charge in [0.15, 0.2) is 0 Å². The standard InChI is InChI=1S/C19H14O6S/c20-13-14-6-8-16(9-7-14)25-18-11-10-17(12-19(18)26(21,22)23)24-15-4-2-1-3-5-15/h1-13H,(H,21,22,23). The van der Waals surface area contributed by atoms with Crippen molar-refractivity contribution in [1.82, 2.24) is 0 Å². The fraction of sp³-hybridized carbons (Fsp3) is 0. The lowest BCUT2D eigenvalue weighted by molar-refractivity contribution is 0.112. The van der Waals surface area contributed by atoms with E-state index >= 15 is 0 Å². The molecule has 0 spiro atoms. The topological polar surface area (TPSA) is 89.9 Å². The zero-order valence-corrected chi connectivity index (χ0v) is 14.2. The van der Waals surface area contributed by atoms with Crippen molar-refractivity contribution < 1.29 is 27.2 Å². The van der Waals surface area contributed by atoms with Crippen LogP contribution in [-0.2, 0) is 10.1 Å². The SMILES string of the molecule is O=Cc1ccc(Oc2ccc(Oc3ccccc3)cc2S(=O)(=O)O)cc1. The molecule has 1 N–H and O–H groups in total. The fourth-order valence-corrected chi connectivity index (χ4v) is 2.83. The Morgan fingerprint density at radius 2 is 1.38 bits per heavy atom. The van der Waals surface area contributed by atoms with Gasteiger partial charge in [-0.15, -0.1) is 0 Å². The maximum atomic E-state index is 11.7. The van der Waals surface area contributed by atoms with Gasteiger partial charge in [0.25, 0.3) is 10.1 Å². The van der Waals surface area contributed by atoms with Gasteiger partial charge >= 0.3 is 0 Å². The number of carbonyl (C=O) groups is 1. The monoisotopic (exact) mass is 370 g/mol. The summed E-state index contributed by atoms with van der Waals surface area (Å²) in [6.45, 7) is 0. The molecule has 6 nitrogen and oxygen atoms in total. The first-order chi connectivity index (χ1) is 12.5. The summed E-state index contributed by atoms with van der Waals surface area (Å²) in [4.78, 5) is 10.3. The second kappa shape index (κ2) is 7.38. The van der Waals surface area contributed by atoms with Gasteiger partial charge in [0, 0.05) is 11.6 Å². The van der Waals surface area contributed by atoms with Crippen molar-refractivity contribution >= 4 is 16.4 Å². The number of hydrogen-bond acceptors (Lipinski definition) is 5. The number of carbonyl (C=O) groups excluding carboxylic acids is 1. The second-order valence-corrected chi connectivity index (χ2v) is 6.68. The highest BCUT2D eigenvalue weighted by atomic mass is 32.2. The Hall–Kier alpha value is -3.16. The molecule has 0 aliphatic carbocycles. The smallest absolute Gasteiger partial charge is 0.298 e. The van der Waals surface area contributed by atoms with E-state index in [9.17, 15) is 17.8 Å². The van der Waals surface area contributed by atoms with E-state index in [0.29, 0.717) is 23.3 Å². The molecule has 0 unspecified atom stereocenters. The van der Waals surface area contributed by atoms with E-state index in [1.165, 1.54) is 42.5 Å². The molecule has 0 heterocycles. The molecule has 0 fully saturated rings. The number of aldehydes is 1. The highest BCUT2D eigenvalue weighted by Crippen LogP contribution is 2.33. The molecule has 0 aliphatic heterocycles. The van der Waals surface area contributed by atoms with Gasteiger partial charge in [0.1, 0.15) is 34.2 Å². The largest absolute Gasteiger partial charge is 0.457 e. The van der Waals surface area contributed by atoms with Gasteiger partial charge in [-0.2, -0.15) is 8.42 Å². The predicted molar refractivity (Wildman–Crippen MR) is 94.7 cm³/mol. The van der Waals surface area contributed by atoms with Gasteiger partial charge in [0.2, 0.25) is 0 Å². The van der Waals surface area contributed by atoms with E-state index in [2.05, 4.69) is 0 Å². The van der Waals surface area contributed by atoms with Crippen LogP contribution in [0.5, 0.6) is 23.0 Å². The summed E-state index contributed by atoms with van der Waals surface area (Å²) < 4.78 is 44.1. The van der Waals surface area contributed by atoms with Crippen LogP contribution in [0.1, 0.15) is 10.4 Å². The van der Waals surface area contributed by atoms with E-state index < -0.39 is 15.0 Å². The molecule has 3 aromatic carbocycles. The Labute approximate surface area is 150 Å².